The molecule has 1 aromatic rings. The minimum absolute atomic E-state index is 0.150. The topological polar surface area (TPSA) is 134 Å². The number of hydrogen-bond acceptors (Lipinski definition) is 5. The molecule has 0 spiro atoms. The van der Waals surface area contributed by atoms with E-state index in [2.05, 4.69) is 16.0 Å². The van der Waals surface area contributed by atoms with Crippen LogP contribution in [-0.2, 0) is 19.1 Å². The van der Waals surface area contributed by atoms with Crippen LogP contribution in [0.15, 0.2) is 0 Å². The summed E-state index contributed by atoms with van der Waals surface area (Å²) >= 11 is 5.78. The van der Waals surface area contributed by atoms with Crippen molar-refractivity contribution in [3.8, 4) is 0 Å². The molecular weight excluding hydrogens is 711 g/mol. The highest BCUT2D eigenvalue weighted by molar-refractivity contribution is 14.1. The predicted octanol–water partition coefficient (Wildman–Crippen LogP) is 2.64. The first-order valence-corrected chi connectivity index (χ1v) is 11.1. The van der Waals surface area contributed by atoms with Gasteiger partial charge in [-0.2, -0.15) is 0 Å². The third-order valence-electron chi connectivity index (χ3n) is 3.24. The molecule has 0 aliphatic carbocycles. The van der Waals surface area contributed by atoms with E-state index in [1.165, 1.54) is 13.8 Å². The zero-order valence-electron chi connectivity index (χ0n) is 15.1. The minimum atomic E-state index is -1.24. The molecule has 0 saturated heterocycles. The van der Waals surface area contributed by atoms with Crippen LogP contribution in [-0.4, -0.2) is 48.1 Å². The maximum absolute atomic E-state index is 12.9. The molecule has 0 unspecified atom stereocenters. The van der Waals surface area contributed by atoms with Crippen LogP contribution >= 0.6 is 67.8 Å². The van der Waals surface area contributed by atoms with Crippen LogP contribution in [0.1, 0.15) is 31.1 Å². The molecule has 154 valence electrons. The Hall–Kier alpha value is -0.750. The van der Waals surface area contributed by atoms with Gasteiger partial charge in [-0.15, -0.1) is 0 Å². The fourth-order valence-electron chi connectivity index (χ4n) is 2.08. The molecule has 0 fully saturated rings. The zero-order chi connectivity index (χ0) is 21.6. The number of aliphatic carboxylic acids is 1. The van der Waals surface area contributed by atoms with Crippen LogP contribution in [0.3, 0.4) is 0 Å². The van der Waals surface area contributed by atoms with E-state index < -0.39 is 17.9 Å². The Morgan fingerprint density at radius 1 is 0.964 bits per heavy atom. The van der Waals surface area contributed by atoms with E-state index in [0.29, 0.717) is 28.7 Å². The number of ether oxygens (including phenoxy) is 1. The molecule has 3 amide bonds. The van der Waals surface area contributed by atoms with Crippen molar-refractivity contribution in [2.24, 2.45) is 0 Å². The van der Waals surface area contributed by atoms with Gasteiger partial charge < -0.3 is 25.8 Å². The Kier molecular flexibility index (Phi) is 10.3. The third-order valence-corrected chi connectivity index (χ3v) is 6.47. The van der Waals surface area contributed by atoms with Gasteiger partial charge in [0.05, 0.1) is 34.3 Å². The molecule has 1 atom stereocenters. The Labute approximate surface area is 202 Å². The lowest BCUT2D eigenvalue weighted by Gasteiger charge is -2.21. The number of carboxylic acid groups (broad SMARTS) is 1. The smallest absolute Gasteiger partial charge is 0.328 e. The number of benzene rings is 1. The van der Waals surface area contributed by atoms with Crippen molar-refractivity contribution >= 4 is 103 Å². The Morgan fingerprint density at radius 2 is 1.43 bits per heavy atom. The summed E-state index contributed by atoms with van der Waals surface area (Å²) < 4.78 is 6.51. The van der Waals surface area contributed by atoms with Crippen LogP contribution in [0.5, 0.6) is 0 Å². The van der Waals surface area contributed by atoms with Crippen molar-refractivity contribution < 1.29 is 29.0 Å². The summed E-state index contributed by atoms with van der Waals surface area (Å²) in [5, 5.41) is 17.1. The van der Waals surface area contributed by atoms with Crippen molar-refractivity contribution in [2.45, 2.75) is 26.8 Å². The maximum atomic E-state index is 12.9. The van der Waals surface area contributed by atoms with Gasteiger partial charge in [0.15, 0.2) is 6.04 Å². The molecule has 12 heteroatoms. The molecule has 9 nitrogen and oxygen atoms in total. The summed E-state index contributed by atoms with van der Waals surface area (Å²) in [7, 11) is 0. The highest BCUT2D eigenvalue weighted by Crippen LogP contribution is 2.38. The lowest BCUT2D eigenvalue weighted by Crippen LogP contribution is -2.44. The van der Waals surface area contributed by atoms with Gasteiger partial charge in [0.2, 0.25) is 11.8 Å². The number of carbonyl (C=O) groups is 4. The molecule has 0 aliphatic rings. The molecule has 0 heterocycles. The summed E-state index contributed by atoms with van der Waals surface area (Å²) in [5.41, 5.74) is 0.872. The van der Waals surface area contributed by atoms with Crippen LogP contribution in [0.25, 0.3) is 0 Å². The van der Waals surface area contributed by atoms with Crippen molar-refractivity contribution in [1.82, 2.24) is 5.32 Å². The molecule has 0 aliphatic heterocycles. The molecule has 0 bridgehead atoms. The summed E-state index contributed by atoms with van der Waals surface area (Å²) in [6, 6.07) is -1.24. The van der Waals surface area contributed by atoms with Crippen LogP contribution in [0.2, 0.25) is 0 Å². The largest absolute Gasteiger partial charge is 0.480 e. The lowest BCUT2D eigenvalue weighted by molar-refractivity contribution is -0.140. The molecule has 0 saturated carbocycles. The molecule has 0 radical (unpaired) electrons. The quantitative estimate of drug-likeness (QED) is 0.305. The minimum Gasteiger partial charge on any atom is -0.480 e. The van der Waals surface area contributed by atoms with E-state index in [0.717, 1.165) is 0 Å². The summed E-state index contributed by atoms with van der Waals surface area (Å²) in [4.78, 5) is 47.5. The van der Waals surface area contributed by atoms with Crippen molar-refractivity contribution in [1.29, 1.82) is 0 Å². The van der Waals surface area contributed by atoms with Crippen LogP contribution in [0, 0.1) is 10.7 Å². The molecule has 4 N–H and O–H groups in total. The zero-order valence-corrected chi connectivity index (χ0v) is 21.6. The Morgan fingerprint density at radius 3 is 1.79 bits per heavy atom. The number of halogens is 3. The van der Waals surface area contributed by atoms with Gasteiger partial charge in [-0.3, -0.25) is 14.4 Å². The van der Waals surface area contributed by atoms with E-state index in [1.807, 2.05) is 67.8 Å². The van der Waals surface area contributed by atoms with Crippen LogP contribution in [0.4, 0.5) is 11.4 Å². The highest BCUT2D eigenvalue weighted by Gasteiger charge is 2.28. The summed E-state index contributed by atoms with van der Waals surface area (Å²) in [6.07, 6.45) is 0. The van der Waals surface area contributed by atoms with E-state index in [4.69, 9.17) is 4.74 Å². The van der Waals surface area contributed by atoms with Gasteiger partial charge in [-0.1, -0.05) is 0 Å². The third kappa shape index (κ3) is 6.65. The standard InChI is InChI=1S/C16H18I3N3O6/c1-4-28-5-8(16(26)27)22-15(25)9-10(17)13(20-6(2)23)12(19)14(11(9)18)21-7(3)24/h8H,4-5H2,1-3H3,(H,20,23)(H,21,24)(H,22,25)(H,26,27)/t8-/m0/s1. The number of hydrogen-bond donors (Lipinski definition) is 4. The second-order valence-corrected chi connectivity index (χ2v) is 8.69. The molecule has 28 heavy (non-hydrogen) atoms. The Bertz CT molecular complexity index is 772. The van der Waals surface area contributed by atoms with E-state index >= 15 is 0 Å². The number of nitrogens with one attached hydrogen (secondary N) is 3. The lowest BCUT2D eigenvalue weighted by atomic mass is 10.1. The maximum Gasteiger partial charge on any atom is 0.328 e. The van der Waals surface area contributed by atoms with Crippen molar-refractivity contribution in [2.75, 3.05) is 23.8 Å². The number of amides is 3. The normalized spacial score (nSPS) is 11.5. The number of anilines is 2. The molecule has 0 aromatic heterocycles. The predicted molar refractivity (Wildman–Crippen MR) is 129 cm³/mol. The van der Waals surface area contributed by atoms with E-state index in [-0.39, 0.29) is 24.0 Å². The van der Waals surface area contributed by atoms with Gasteiger partial charge in [0.25, 0.3) is 5.91 Å². The van der Waals surface area contributed by atoms with Crippen molar-refractivity contribution in [3.05, 3.63) is 16.3 Å². The molecule has 1 rings (SSSR count). The summed E-state index contributed by atoms with van der Waals surface area (Å²) in [6.45, 7) is 4.48. The average molecular weight is 729 g/mol. The van der Waals surface area contributed by atoms with Crippen LogP contribution < -0.4 is 16.0 Å². The Balaban J connectivity index is 3.50. The number of carbonyl (C=O) groups excluding carboxylic acids is 3. The SMILES string of the molecule is CCOC[C@H](NC(=O)c1c(I)c(NC(C)=O)c(I)c(NC(C)=O)c1I)C(=O)O. The van der Waals surface area contributed by atoms with Crippen molar-refractivity contribution in [3.63, 3.8) is 0 Å². The first-order valence-electron chi connectivity index (χ1n) is 7.88. The molecule has 1 aromatic carbocycles. The van der Waals surface area contributed by atoms with E-state index in [9.17, 15) is 24.3 Å². The fraction of sp³-hybridized carbons (Fsp3) is 0.375. The first kappa shape index (κ1) is 25.3. The number of carboxylic acids is 1. The fourth-order valence-corrected chi connectivity index (χ4v) is 6.27. The van der Waals surface area contributed by atoms with Gasteiger partial charge >= 0.3 is 5.97 Å². The van der Waals surface area contributed by atoms with Gasteiger partial charge in [0, 0.05) is 20.5 Å². The van der Waals surface area contributed by atoms with Gasteiger partial charge in [-0.25, -0.2) is 4.79 Å². The molecular formula is C16H18I3N3O6. The van der Waals surface area contributed by atoms with Gasteiger partial charge in [-0.05, 0) is 74.7 Å². The highest BCUT2D eigenvalue weighted by atomic mass is 127. The number of rotatable bonds is 8. The monoisotopic (exact) mass is 729 g/mol. The second kappa shape index (κ2) is 11.4. The summed E-state index contributed by atoms with van der Waals surface area (Å²) in [5.74, 6) is -2.59. The van der Waals surface area contributed by atoms with Gasteiger partial charge in [0.1, 0.15) is 0 Å². The second-order valence-electron chi connectivity index (χ2n) is 5.45. The van der Waals surface area contributed by atoms with E-state index in [1.54, 1.807) is 6.92 Å². The first-order chi connectivity index (χ1) is 13.0. The average Bonchev–Trinajstić information content (AvgIpc) is 2.58.